The standard InChI is InChI=1S/C28H35N3O3/c1-20-9-7-8-12-23(20)25-17-22(13-15-24(25)28(32)33-3)18-34-26(27-29-19-30-31(27)2)16-14-21-10-5-4-6-11-21/h7-9,12-13,15,17,19,21,26H,4-6,10-11,14,16,18H2,1-3H3. The lowest BCUT2D eigenvalue weighted by Crippen LogP contribution is -2.14. The average molecular weight is 462 g/mol. The zero-order chi connectivity index (χ0) is 23.9. The summed E-state index contributed by atoms with van der Waals surface area (Å²) in [6.07, 6.45) is 10.2. The van der Waals surface area contributed by atoms with Crippen molar-refractivity contribution in [3.63, 3.8) is 0 Å². The van der Waals surface area contributed by atoms with Crippen LogP contribution >= 0.6 is 0 Å². The Bertz CT molecular complexity index is 1100. The zero-order valence-electron chi connectivity index (χ0n) is 20.5. The van der Waals surface area contributed by atoms with Crippen molar-refractivity contribution in [2.24, 2.45) is 13.0 Å². The number of aromatic nitrogens is 3. The molecule has 1 unspecified atom stereocenters. The minimum atomic E-state index is -0.338. The lowest BCUT2D eigenvalue weighted by Gasteiger charge is -2.24. The second-order valence-corrected chi connectivity index (χ2v) is 9.31. The molecule has 1 heterocycles. The van der Waals surface area contributed by atoms with Crippen LogP contribution in [0.2, 0.25) is 0 Å². The topological polar surface area (TPSA) is 66.2 Å². The second kappa shape index (κ2) is 11.4. The molecule has 1 fully saturated rings. The van der Waals surface area contributed by atoms with Crippen LogP contribution in [0.4, 0.5) is 0 Å². The van der Waals surface area contributed by atoms with Crippen molar-refractivity contribution in [1.82, 2.24) is 14.8 Å². The minimum Gasteiger partial charge on any atom is -0.465 e. The molecule has 34 heavy (non-hydrogen) atoms. The van der Waals surface area contributed by atoms with E-state index in [4.69, 9.17) is 9.47 Å². The summed E-state index contributed by atoms with van der Waals surface area (Å²) in [5, 5.41) is 4.27. The van der Waals surface area contributed by atoms with E-state index in [1.165, 1.54) is 39.2 Å². The maximum atomic E-state index is 12.5. The van der Waals surface area contributed by atoms with Crippen LogP contribution in [0.15, 0.2) is 48.8 Å². The predicted molar refractivity (Wildman–Crippen MR) is 132 cm³/mol. The highest BCUT2D eigenvalue weighted by atomic mass is 16.5. The van der Waals surface area contributed by atoms with Crippen molar-refractivity contribution in [3.8, 4) is 11.1 Å². The number of nitrogens with zero attached hydrogens (tertiary/aromatic N) is 3. The van der Waals surface area contributed by atoms with Crippen LogP contribution in [-0.4, -0.2) is 27.8 Å². The number of rotatable bonds is 9. The lowest BCUT2D eigenvalue weighted by atomic mass is 9.85. The maximum Gasteiger partial charge on any atom is 0.338 e. The van der Waals surface area contributed by atoms with Gasteiger partial charge in [-0.2, -0.15) is 5.10 Å². The van der Waals surface area contributed by atoms with Crippen molar-refractivity contribution < 1.29 is 14.3 Å². The molecule has 1 aromatic heterocycles. The van der Waals surface area contributed by atoms with E-state index >= 15 is 0 Å². The fourth-order valence-electron chi connectivity index (χ4n) is 5.01. The van der Waals surface area contributed by atoms with Crippen LogP contribution in [0.5, 0.6) is 0 Å². The molecule has 1 aliphatic carbocycles. The number of hydrogen-bond donors (Lipinski definition) is 0. The molecule has 0 spiro atoms. The first-order chi connectivity index (χ1) is 16.6. The third-order valence-corrected chi connectivity index (χ3v) is 6.97. The fraction of sp³-hybridized carbons (Fsp3) is 0.464. The number of aryl methyl sites for hydroxylation is 2. The molecule has 0 N–H and O–H groups in total. The molecule has 4 rings (SSSR count). The van der Waals surface area contributed by atoms with Crippen LogP contribution in [0, 0.1) is 12.8 Å². The Kier molecular flexibility index (Phi) is 8.12. The van der Waals surface area contributed by atoms with E-state index in [0.717, 1.165) is 46.8 Å². The Morgan fingerprint density at radius 1 is 1.12 bits per heavy atom. The first-order valence-corrected chi connectivity index (χ1v) is 12.3. The van der Waals surface area contributed by atoms with Gasteiger partial charge in [0.05, 0.1) is 19.3 Å². The van der Waals surface area contributed by atoms with Gasteiger partial charge in [0.1, 0.15) is 12.4 Å². The number of hydrogen-bond acceptors (Lipinski definition) is 5. The Balaban J connectivity index is 1.54. The molecule has 1 aliphatic rings. The molecule has 0 saturated heterocycles. The highest BCUT2D eigenvalue weighted by molar-refractivity contribution is 5.97. The van der Waals surface area contributed by atoms with E-state index in [9.17, 15) is 4.79 Å². The third-order valence-electron chi connectivity index (χ3n) is 6.97. The van der Waals surface area contributed by atoms with Crippen LogP contribution < -0.4 is 0 Å². The Hall–Kier alpha value is -2.99. The highest BCUT2D eigenvalue weighted by Gasteiger charge is 2.22. The Labute approximate surface area is 202 Å². The molecule has 0 amide bonds. The van der Waals surface area contributed by atoms with Crippen molar-refractivity contribution in [1.29, 1.82) is 0 Å². The molecule has 1 atom stereocenters. The summed E-state index contributed by atoms with van der Waals surface area (Å²) in [6.45, 7) is 2.48. The normalized spacial score (nSPS) is 15.3. The van der Waals surface area contributed by atoms with Crippen molar-refractivity contribution in [2.75, 3.05) is 7.11 Å². The smallest absolute Gasteiger partial charge is 0.338 e. The van der Waals surface area contributed by atoms with Gasteiger partial charge in [0.25, 0.3) is 0 Å². The Morgan fingerprint density at radius 2 is 1.91 bits per heavy atom. The van der Waals surface area contributed by atoms with E-state index in [1.54, 1.807) is 6.33 Å². The van der Waals surface area contributed by atoms with Gasteiger partial charge in [-0.15, -0.1) is 0 Å². The molecule has 2 aromatic carbocycles. The van der Waals surface area contributed by atoms with Gasteiger partial charge in [-0.1, -0.05) is 62.4 Å². The molecule has 1 saturated carbocycles. The minimum absolute atomic E-state index is 0.114. The Morgan fingerprint density at radius 3 is 2.62 bits per heavy atom. The van der Waals surface area contributed by atoms with E-state index in [-0.39, 0.29) is 12.1 Å². The number of esters is 1. The fourth-order valence-corrected chi connectivity index (χ4v) is 5.01. The molecule has 6 nitrogen and oxygen atoms in total. The molecular formula is C28H35N3O3. The summed E-state index contributed by atoms with van der Waals surface area (Å²) in [4.78, 5) is 16.9. The van der Waals surface area contributed by atoms with Crippen molar-refractivity contribution in [2.45, 2.75) is 64.6 Å². The van der Waals surface area contributed by atoms with Crippen LogP contribution in [0.3, 0.4) is 0 Å². The SMILES string of the molecule is COC(=O)c1ccc(COC(CCC2CCCCC2)c2ncnn2C)cc1-c1ccccc1C. The molecule has 0 aliphatic heterocycles. The number of methoxy groups -OCH3 is 1. The zero-order valence-corrected chi connectivity index (χ0v) is 20.5. The van der Waals surface area contributed by atoms with Gasteiger partial charge in [-0.25, -0.2) is 9.78 Å². The highest BCUT2D eigenvalue weighted by Crippen LogP contribution is 2.33. The first-order valence-electron chi connectivity index (χ1n) is 12.3. The van der Waals surface area contributed by atoms with E-state index in [0.29, 0.717) is 12.2 Å². The monoisotopic (exact) mass is 461 g/mol. The van der Waals surface area contributed by atoms with Crippen molar-refractivity contribution in [3.05, 3.63) is 71.3 Å². The summed E-state index contributed by atoms with van der Waals surface area (Å²) in [5.74, 6) is 1.30. The number of carbonyl (C=O) groups excluding carboxylic acids is 1. The maximum absolute atomic E-state index is 12.5. The quantitative estimate of drug-likeness (QED) is 0.355. The van der Waals surface area contributed by atoms with Gasteiger partial charge < -0.3 is 9.47 Å². The van der Waals surface area contributed by atoms with Gasteiger partial charge in [0.2, 0.25) is 0 Å². The molecule has 3 aromatic rings. The van der Waals surface area contributed by atoms with Gasteiger partial charge in [-0.05, 0) is 60.1 Å². The van der Waals surface area contributed by atoms with Gasteiger partial charge >= 0.3 is 5.97 Å². The summed E-state index contributed by atoms with van der Waals surface area (Å²) < 4.78 is 13.3. The van der Waals surface area contributed by atoms with Crippen LogP contribution in [-0.2, 0) is 23.1 Å². The second-order valence-electron chi connectivity index (χ2n) is 9.31. The van der Waals surface area contributed by atoms with Crippen LogP contribution in [0.25, 0.3) is 11.1 Å². The molecular weight excluding hydrogens is 426 g/mol. The summed E-state index contributed by atoms with van der Waals surface area (Å²) in [7, 11) is 3.33. The molecule has 6 heteroatoms. The first kappa shape index (κ1) is 24.1. The number of carbonyl (C=O) groups is 1. The molecule has 180 valence electrons. The van der Waals surface area contributed by atoms with E-state index < -0.39 is 0 Å². The van der Waals surface area contributed by atoms with Gasteiger partial charge in [-0.3, -0.25) is 4.68 Å². The van der Waals surface area contributed by atoms with Crippen LogP contribution in [0.1, 0.15) is 78.4 Å². The summed E-state index contributed by atoms with van der Waals surface area (Å²) in [6, 6.07) is 13.9. The number of ether oxygens (including phenoxy) is 2. The predicted octanol–water partition coefficient (Wildman–Crippen LogP) is 6.20. The van der Waals surface area contributed by atoms with Gasteiger partial charge in [0.15, 0.2) is 5.82 Å². The molecule has 0 bridgehead atoms. The summed E-state index contributed by atoms with van der Waals surface area (Å²) >= 11 is 0. The van der Waals surface area contributed by atoms with Crippen molar-refractivity contribution >= 4 is 5.97 Å². The number of benzene rings is 2. The lowest BCUT2D eigenvalue weighted by molar-refractivity contribution is 0.0205. The third kappa shape index (κ3) is 5.73. The molecule has 0 radical (unpaired) electrons. The van der Waals surface area contributed by atoms with E-state index in [1.807, 2.05) is 48.1 Å². The average Bonchev–Trinajstić information content (AvgIpc) is 3.30. The largest absolute Gasteiger partial charge is 0.465 e. The van der Waals surface area contributed by atoms with Gasteiger partial charge in [0, 0.05) is 7.05 Å². The van der Waals surface area contributed by atoms with E-state index in [2.05, 4.69) is 23.1 Å². The summed E-state index contributed by atoms with van der Waals surface area (Å²) in [5.41, 5.74) is 4.56.